The maximum atomic E-state index is 11.1. The van der Waals surface area contributed by atoms with E-state index < -0.39 is 11.9 Å². The summed E-state index contributed by atoms with van der Waals surface area (Å²) in [6, 6.07) is 21.1. The van der Waals surface area contributed by atoms with Crippen molar-refractivity contribution < 1.29 is 19.8 Å². The zero-order chi connectivity index (χ0) is 24.2. The number of hydrogen-bond acceptors (Lipinski definition) is 6. The highest BCUT2D eigenvalue weighted by atomic mass is 33.1. The molecule has 170 valence electrons. The van der Waals surface area contributed by atoms with Crippen LogP contribution in [0.4, 0.5) is 0 Å². The number of nitrogens with zero attached hydrogens (tertiary/aromatic N) is 2. The van der Waals surface area contributed by atoms with Crippen LogP contribution < -0.4 is 0 Å². The lowest BCUT2D eigenvalue weighted by Crippen LogP contribution is -1.98. The third-order valence-corrected chi connectivity index (χ3v) is 6.82. The summed E-state index contributed by atoms with van der Waals surface area (Å²) in [5, 5.41) is 18.2. The van der Waals surface area contributed by atoms with Gasteiger partial charge in [0.25, 0.3) is 0 Å². The highest BCUT2D eigenvalue weighted by Crippen LogP contribution is 2.40. The summed E-state index contributed by atoms with van der Waals surface area (Å²) < 4.78 is 0. The molecule has 2 N–H and O–H groups in total. The highest BCUT2D eigenvalue weighted by molar-refractivity contribution is 8.76. The van der Waals surface area contributed by atoms with E-state index in [9.17, 15) is 9.59 Å². The van der Waals surface area contributed by atoms with Crippen LogP contribution in [0.1, 0.15) is 31.8 Å². The van der Waals surface area contributed by atoms with Crippen molar-refractivity contribution in [3.63, 3.8) is 0 Å². The van der Waals surface area contributed by atoms with E-state index in [-0.39, 0.29) is 11.1 Å². The van der Waals surface area contributed by atoms with Crippen LogP contribution in [0.25, 0.3) is 12.2 Å². The molecule has 4 rings (SSSR count). The first-order valence-corrected chi connectivity index (χ1v) is 12.2. The number of carbonyl (C=O) groups is 2. The smallest absolute Gasteiger partial charge is 0.336 e. The first kappa shape index (κ1) is 24.8. The van der Waals surface area contributed by atoms with Crippen molar-refractivity contribution >= 4 is 45.7 Å². The van der Waals surface area contributed by atoms with Gasteiger partial charge in [0.2, 0.25) is 0 Å². The number of carboxylic acids is 2. The van der Waals surface area contributed by atoms with Crippen LogP contribution in [0, 0.1) is 0 Å². The number of rotatable bonds is 7. The topological polar surface area (TPSA) is 100 Å². The highest BCUT2D eigenvalue weighted by Gasteiger charge is 2.13. The maximum Gasteiger partial charge on any atom is 0.336 e. The Kier molecular flexibility index (Phi) is 9.45. The van der Waals surface area contributed by atoms with Crippen molar-refractivity contribution in [2.24, 2.45) is 0 Å². The predicted octanol–water partition coefficient (Wildman–Crippen LogP) is 6.53. The van der Waals surface area contributed by atoms with Crippen molar-refractivity contribution in [3.8, 4) is 0 Å². The molecular formula is C26H20N2O4S2. The summed E-state index contributed by atoms with van der Waals surface area (Å²) in [5.41, 5.74) is 2.71. The minimum atomic E-state index is -1.000. The van der Waals surface area contributed by atoms with Gasteiger partial charge >= 0.3 is 11.9 Å². The van der Waals surface area contributed by atoms with E-state index >= 15 is 0 Å². The Labute approximate surface area is 204 Å². The Hall–Kier alpha value is -3.88. The number of benzene rings is 2. The van der Waals surface area contributed by atoms with Gasteiger partial charge in [-0.25, -0.2) is 9.59 Å². The minimum absolute atomic E-state index is 0.206. The average molecular weight is 489 g/mol. The summed E-state index contributed by atoms with van der Waals surface area (Å²) in [4.78, 5) is 31.3. The van der Waals surface area contributed by atoms with Crippen LogP contribution in [0.5, 0.6) is 0 Å². The number of aromatic nitrogens is 2. The fourth-order valence-corrected chi connectivity index (χ4v) is 5.01. The predicted molar refractivity (Wildman–Crippen MR) is 136 cm³/mol. The lowest BCUT2D eigenvalue weighted by Gasteiger charge is -2.06. The van der Waals surface area contributed by atoms with Gasteiger partial charge in [-0.05, 0) is 59.7 Å². The van der Waals surface area contributed by atoms with E-state index in [1.165, 1.54) is 33.7 Å². The average Bonchev–Trinajstić information content (AvgIpc) is 2.88. The molecule has 0 fully saturated rings. The van der Waals surface area contributed by atoms with Crippen LogP contribution in [0.15, 0.2) is 107 Å². The van der Waals surface area contributed by atoms with Gasteiger partial charge in [0, 0.05) is 34.6 Å². The van der Waals surface area contributed by atoms with Crippen LogP contribution >= 0.6 is 21.6 Å². The number of pyridine rings is 2. The molecule has 2 heterocycles. The Morgan fingerprint density at radius 3 is 1.29 bits per heavy atom. The molecule has 0 atom stereocenters. The molecule has 4 aromatic rings. The summed E-state index contributed by atoms with van der Waals surface area (Å²) in [7, 11) is 2.47. The second-order valence-corrected chi connectivity index (χ2v) is 8.88. The molecule has 6 nitrogen and oxygen atoms in total. The van der Waals surface area contributed by atoms with Gasteiger partial charge < -0.3 is 10.2 Å². The van der Waals surface area contributed by atoms with E-state index in [1.54, 1.807) is 61.2 Å². The fourth-order valence-electron chi connectivity index (χ4n) is 2.66. The van der Waals surface area contributed by atoms with E-state index in [4.69, 9.17) is 10.2 Å². The third kappa shape index (κ3) is 7.61. The quantitative estimate of drug-likeness (QED) is 0.283. The Bertz CT molecular complexity index is 1170. The molecule has 0 bridgehead atoms. The first-order chi connectivity index (χ1) is 16.5. The summed E-state index contributed by atoms with van der Waals surface area (Å²) >= 11 is 0. The Morgan fingerprint density at radius 2 is 0.941 bits per heavy atom. The molecule has 0 radical (unpaired) electrons. The van der Waals surface area contributed by atoms with Crippen LogP contribution in [-0.2, 0) is 0 Å². The fraction of sp³-hybridized carbons (Fsp3) is 0. The van der Waals surface area contributed by atoms with Crippen molar-refractivity contribution in [1.82, 2.24) is 9.97 Å². The molecule has 0 aliphatic rings. The SMILES string of the molecule is C(=C\c1ccncc1)/c1ccncc1.O=C(O)c1ccccc1SSc1ccccc1C(=O)O. The molecular weight excluding hydrogens is 468 g/mol. The van der Waals surface area contributed by atoms with Crippen molar-refractivity contribution in [2.75, 3.05) is 0 Å². The van der Waals surface area contributed by atoms with E-state index in [0.29, 0.717) is 9.79 Å². The van der Waals surface area contributed by atoms with Crippen molar-refractivity contribution in [1.29, 1.82) is 0 Å². The summed E-state index contributed by atoms with van der Waals surface area (Å²) in [5.74, 6) is -2.00. The second-order valence-electron chi connectivity index (χ2n) is 6.66. The second kappa shape index (κ2) is 13.0. The molecule has 0 unspecified atom stereocenters. The van der Waals surface area contributed by atoms with Crippen LogP contribution in [0.2, 0.25) is 0 Å². The molecule has 0 spiro atoms. The van der Waals surface area contributed by atoms with Gasteiger partial charge in [0.15, 0.2) is 0 Å². The van der Waals surface area contributed by atoms with Crippen LogP contribution in [-0.4, -0.2) is 32.1 Å². The molecule has 0 saturated carbocycles. The molecule has 0 amide bonds. The molecule has 2 aromatic heterocycles. The normalized spacial score (nSPS) is 10.4. The van der Waals surface area contributed by atoms with E-state index in [0.717, 1.165) is 11.1 Å². The largest absolute Gasteiger partial charge is 0.478 e. The lowest BCUT2D eigenvalue weighted by molar-refractivity contribution is 0.0682. The van der Waals surface area contributed by atoms with Crippen LogP contribution in [0.3, 0.4) is 0 Å². The summed E-state index contributed by atoms with van der Waals surface area (Å²) in [6.45, 7) is 0. The van der Waals surface area contributed by atoms with Gasteiger partial charge in [0.05, 0.1) is 11.1 Å². The zero-order valence-corrected chi connectivity index (χ0v) is 19.4. The molecule has 34 heavy (non-hydrogen) atoms. The molecule has 0 aliphatic carbocycles. The Morgan fingerprint density at radius 1 is 0.588 bits per heavy atom. The molecule has 8 heteroatoms. The molecule has 2 aromatic carbocycles. The minimum Gasteiger partial charge on any atom is -0.478 e. The number of carboxylic acid groups (broad SMARTS) is 2. The molecule has 0 saturated heterocycles. The third-order valence-electron chi connectivity index (χ3n) is 4.34. The number of aromatic carboxylic acids is 2. The number of hydrogen-bond donors (Lipinski definition) is 2. The van der Waals surface area contributed by atoms with E-state index in [1.807, 2.05) is 24.3 Å². The summed E-state index contributed by atoms with van der Waals surface area (Å²) in [6.07, 6.45) is 11.2. The van der Waals surface area contributed by atoms with Gasteiger partial charge in [-0.3, -0.25) is 9.97 Å². The van der Waals surface area contributed by atoms with Gasteiger partial charge in [-0.2, -0.15) is 0 Å². The van der Waals surface area contributed by atoms with Gasteiger partial charge in [0.1, 0.15) is 0 Å². The van der Waals surface area contributed by atoms with Gasteiger partial charge in [-0.15, -0.1) is 0 Å². The Balaban J connectivity index is 0.000000202. The lowest BCUT2D eigenvalue weighted by atomic mass is 10.2. The van der Waals surface area contributed by atoms with Crippen molar-refractivity contribution in [2.45, 2.75) is 9.79 Å². The van der Waals surface area contributed by atoms with Gasteiger partial charge in [-0.1, -0.05) is 58.0 Å². The standard InChI is InChI=1S/C14H10O4S2.C12H10N2/c15-13(16)9-5-1-3-7-11(9)19-20-12-8-4-2-6-10(12)14(17)18;1(11-3-7-13-8-4-11)2-12-5-9-14-10-6-12/h1-8H,(H,15,16)(H,17,18);1-10H/b;2-1+. The molecule has 0 aliphatic heterocycles. The van der Waals surface area contributed by atoms with E-state index in [2.05, 4.69) is 22.1 Å². The first-order valence-electron chi connectivity index (χ1n) is 10.0. The monoisotopic (exact) mass is 488 g/mol. The van der Waals surface area contributed by atoms with Crippen molar-refractivity contribution in [3.05, 3.63) is 120 Å². The zero-order valence-electron chi connectivity index (χ0n) is 17.8. The maximum absolute atomic E-state index is 11.1.